The van der Waals surface area contributed by atoms with E-state index in [0.717, 1.165) is 36.8 Å². The van der Waals surface area contributed by atoms with Crippen molar-refractivity contribution in [3.8, 4) is 22.9 Å². The fourth-order valence-corrected chi connectivity index (χ4v) is 5.84. The van der Waals surface area contributed by atoms with Crippen LogP contribution in [0.15, 0.2) is 30.6 Å². The molecule has 0 saturated carbocycles. The minimum Gasteiger partial charge on any atom is -0.489 e. The van der Waals surface area contributed by atoms with E-state index in [-0.39, 0.29) is 23.1 Å². The largest absolute Gasteiger partial charge is 0.489 e. The zero-order chi connectivity index (χ0) is 23.6. The molecule has 2 aliphatic heterocycles. The Morgan fingerprint density at radius 3 is 2.52 bits per heavy atom. The summed E-state index contributed by atoms with van der Waals surface area (Å²) in [5.74, 6) is 1.26. The van der Waals surface area contributed by atoms with Gasteiger partial charge in [0.25, 0.3) is 0 Å². The van der Waals surface area contributed by atoms with Gasteiger partial charge in [-0.15, -0.1) is 0 Å². The van der Waals surface area contributed by atoms with E-state index in [2.05, 4.69) is 49.3 Å². The number of nitrogens with zero attached hydrogens (tertiary/aromatic N) is 3. The lowest BCUT2D eigenvalue weighted by Crippen LogP contribution is -2.58. The van der Waals surface area contributed by atoms with Crippen molar-refractivity contribution >= 4 is 5.91 Å². The zero-order valence-corrected chi connectivity index (χ0v) is 20.1. The minimum atomic E-state index is -0.00232. The number of carbonyl (C=O) groups is 1. The maximum Gasteiger partial charge on any atom is 0.222 e. The summed E-state index contributed by atoms with van der Waals surface area (Å²) in [4.78, 5) is 15.0. The molecule has 33 heavy (non-hydrogen) atoms. The maximum absolute atomic E-state index is 13.0. The van der Waals surface area contributed by atoms with Gasteiger partial charge in [0.05, 0.1) is 6.20 Å². The van der Waals surface area contributed by atoms with E-state index in [0.29, 0.717) is 36.7 Å². The number of hydrogen-bond donors (Lipinski definition) is 2. The zero-order valence-electron chi connectivity index (χ0n) is 20.1. The molecule has 2 saturated heterocycles. The number of aromatic amines is 1. The molecule has 2 aromatic rings. The van der Waals surface area contributed by atoms with Gasteiger partial charge >= 0.3 is 0 Å². The van der Waals surface area contributed by atoms with Crippen molar-refractivity contribution < 1.29 is 9.53 Å². The van der Waals surface area contributed by atoms with Crippen LogP contribution in [0.1, 0.15) is 65.4 Å². The molecular formula is C26H35N5O2. The van der Waals surface area contributed by atoms with Crippen LogP contribution in [0, 0.1) is 17.2 Å². The van der Waals surface area contributed by atoms with E-state index in [4.69, 9.17) is 4.74 Å². The Balaban J connectivity index is 1.34. The van der Waals surface area contributed by atoms with E-state index in [1.807, 2.05) is 23.1 Å². The van der Waals surface area contributed by atoms with Gasteiger partial charge in [-0.05, 0) is 52.5 Å². The number of likely N-dealkylation sites (tertiary alicyclic amines) is 1. The molecule has 1 aromatic heterocycles. The Morgan fingerprint density at radius 1 is 1.21 bits per heavy atom. The van der Waals surface area contributed by atoms with Gasteiger partial charge in [0.15, 0.2) is 0 Å². The molecular weight excluding hydrogens is 414 g/mol. The van der Waals surface area contributed by atoms with Crippen LogP contribution in [0.5, 0.6) is 5.75 Å². The van der Waals surface area contributed by atoms with E-state index in [9.17, 15) is 10.1 Å². The number of nitrogens with one attached hydrogen (secondary N) is 2. The second-order valence-corrected chi connectivity index (χ2v) is 10.8. The molecule has 0 atom stereocenters. The highest BCUT2D eigenvalue weighted by Crippen LogP contribution is 2.35. The van der Waals surface area contributed by atoms with Crippen LogP contribution >= 0.6 is 0 Å². The third-order valence-corrected chi connectivity index (χ3v) is 6.77. The lowest BCUT2D eigenvalue weighted by molar-refractivity contribution is -0.134. The first-order valence-electron chi connectivity index (χ1n) is 11.9. The summed E-state index contributed by atoms with van der Waals surface area (Å²) in [7, 11) is 0. The molecule has 7 heteroatoms. The lowest BCUT2D eigenvalue weighted by atomic mass is 9.74. The predicted octanol–water partition coefficient (Wildman–Crippen LogP) is 4.27. The average Bonchev–Trinajstić information content (AvgIpc) is 3.26. The molecule has 0 bridgehead atoms. The molecule has 1 amide bonds. The molecule has 2 aliphatic rings. The topological polar surface area (TPSA) is 94.0 Å². The van der Waals surface area contributed by atoms with E-state index < -0.39 is 0 Å². The van der Waals surface area contributed by atoms with Crippen molar-refractivity contribution in [1.29, 1.82) is 5.26 Å². The third-order valence-electron chi connectivity index (χ3n) is 6.77. The Morgan fingerprint density at radius 2 is 1.91 bits per heavy atom. The fraction of sp³-hybridized carbons (Fsp3) is 0.577. The highest BCUT2D eigenvalue weighted by molar-refractivity contribution is 5.76. The summed E-state index contributed by atoms with van der Waals surface area (Å²) < 4.78 is 6.25. The van der Waals surface area contributed by atoms with Crippen LogP contribution < -0.4 is 10.1 Å². The molecule has 0 spiro atoms. The Hall–Kier alpha value is -2.85. The summed E-state index contributed by atoms with van der Waals surface area (Å²) in [5, 5.41) is 20.2. The number of ether oxygens (including phenoxy) is 1. The van der Waals surface area contributed by atoms with Gasteiger partial charge in [-0.2, -0.15) is 10.4 Å². The minimum absolute atomic E-state index is 0.00232. The molecule has 0 unspecified atom stereocenters. The van der Waals surface area contributed by atoms with Gasteiger partial charge in [0, 0.05) is 60.8 Å². The smallest absolute Gasteiger partial charge is 0.222 e. The van der Waals surface area contributed by atoms with Gasteiger partial charge in [0.2, 0.25) is 5.91 Å². The quantitative estimate of drug-likeness (QED) is 0.711. The molecule has 2 fully saturated rings. The maximum atomic E-state index is 13.0. The van der Waals surface area contributed by atoms with Gasteiger partial charge in [-0.3, -0.25) is 9.89 Å². The number of rotatable bonds is 5. The van der Waals surface area contributed by atoms with Gasteiger partial charge in [-0.1, -0.05) is 12.1 Å². The van der Waals surface area contributed by atoms with Crippen LogP contribution in [0.2, 0.25) is 0 Å². The second-order valence-electron chi connectivity index (χ2n) is 10.8. The number of piperidine rings is 2. The van der Waals surface area contributed by atoms with Gasteiger partial charge < -0.3 is 15.0 Å². The van der Waals surface area contributed by atoms with Crippen molar-refractivity contribution in [1.82, 2.24) is 20.4 Å². The fourth-order valence-electron chi connectivity index (χ4n) is 5.84. The molecule has 176 valence electrons. The number of hydrogen-bond acceptors (Lipinski definition) is 5. The molecule has 0 radical (unpaired) electrons. The lowest BCUT2D eigenvalue weighted by Gasteiger charge is -2.46. The normalized spacial score (nSPS) is 20.9. The van der Waals surface area contributed by atoms with Crippen molar-refractivity contribution in [2.45, 2.75) is 77.0 Å². The number of H-pyrrole nitrogens is 1. The average molecular weight is 450 g/mol. The predicted molar refractivity (Wildman–Crippen MR) is 128 cm³/mol. The summed E-state index contributed by atoms with van der Waals surface area (Å²) >= 11 is 0. The molecule has 3 heterocycles. The molecule has 0 aliphatic carbocycles. The van der Waals surface area contributed by atoms with Gasteiger partial charge in [-0.25, -0.2) is 0 Å². The van der Waals surface area contributed by atoms with Crippen molar-refractivity contribution in [2.24, 2.45) is 5.92 Å². The Bertz CT molecular complexity index is 998. The van der Waals surface area contributed by atoms with Crippen LogP contribution in [-0.4, -0.2) is 51.3 Å². The highest BCUT2D eigenvalue weighted by atomic mass is 16.5. The first-order valence-corrected chi connectivity index (χ1v) is 11.9. The van der Waals surface area contributed by atoms with Crippen LogP contribution in [0.3, 0.4) is 0 Å². The first-order chi connectivity index (χ1) is 15.7. The van der Waals surface area contributed by atoms with Crippen molar-refractivity contribution in [3.63, 3.8) is 0 Å². The summed E-state index contributed by atoms with van der Waals surface area (Å²) in [6.07, 6.45) is 7.68. The van der Waals surface area contributed by atoms with Crippen LogP contribution in [-0.2, 0) is 4.79 Å². The monoisotopic (exact) mass is 449 g/mol. The SMILES string of the molecule is CC1(C)CC(CC(=O)N2CCC(Oc3cccc(-c4cn[nH]c4)c3C#N)CC2)CC(C)(C)N1. The molecule has 1 aromatic carbocycles. The Kier molecular flexibility index (Phi) is 6.49. The molecule has 7 nitrogen and oxygen atoms in total. The summed E-state index contributed by atoms with van der Waals surface area (Å²) in [5.41, 5.74) is 2.30. The number of amides is 1. The van der Waals surface area contributed by atoms with Crippen molar-refractivity contribution in [2.75, 3.05) is 13.1 Å². The first kappa shape index (κ1) is 23.3. The number of carbonyl (C=O) groups excluding carboxylic acids is 1. The molecule has 2 N–H and O–H groups in total. The number of benzene rings is 1. The highest BCUT2D eigenvalue weighted by Gasteiger charge is 2.39. The van der Waals surface area contributed by atoms with Crippen LogP contribution in [0.25, 0.3) is 11.1 Å². The third kappa shape index (κ3) is 5.56. The summed E-state index contributed by atoms with van der Waals surface area (Å²) in [6, 6.07) is 7.94. The van der Waals surface area contributed by atoms with Crippen LogP contribution in [0.4, 0.5) is 0 Å². The van der Waals surface area contributed by atoms with E-state index in [1.54, 1.807) is 12.4 Å². The van der Waals surface area contributed by atoms with E-state index >= 15 is 0 Å². The number of nitriles is 1. The molecule has 4 rings (SSSR count). The number of aromatic nitrogens is 2. The van der Waals surface area contributed by atoms with Crippen molar-refractivity contribution in [3.05, 3.63) is 36.2 Å². The van der Waals surface area contributed by atoms with Gasteiger partial charge in [0.1, 0.15) is 23.5 Å². The van der Waals surface area contributed by atoms with E-state index in [1.165, 1.54) is 0 Å². The Labute approximate surface area is 196 Å². The standard InChI is InChI=1S/C26H35N5O2/c1-25(2)13-18(14-26(3,4)30-25)12-24(32)31-10-8-20(9-11-31)33-23-7-5-6-21(22(23)15-27)19-16-28-29-17-19/h5-7,16-18,20,30H,8-14H2,1-4H3,(H,28,29). The second kappa shape index (κ2) is 9.18. The summed E-state index contributed by atoms with van der Waals surface area (Å²) in [6.45, 7) is 10.3.